The second-order valence-electron chi connectivity index (χ2n) is 4.63. The molecule has 0 amide bonds. The molecule has 0 aliphatic carbocycles. The van der Waals surface area contributed by atoms with Crippen LogP contribution in [0.3, 0.4) is 0 Å². The van der Waals surface area contributed by atoms with Crippen LogP contribution in [-0.4, -0.2) is 18.3 Å². The molecule has 0 spiro atoms. The third-order valence-electron chi connectivity index (χ3n) is 3.00. The van der Waals surface area contributed by atoms with Crippen molar-refractivity contribution in [3.05, 3.63) is 40.7 Å². The Morgan fingerprint density at radius 3 is 2.83 bits per heavy atom. The number of nitrogens with two attached hydrogens (primary N) is 1. The molecule has 0 aliphatic heterocycles. The topological polar surface area (TPSA) is 57.2 Å². The zero-order chi connectivity index (χ0) is 13.1. The molecule has 4 nitrogen and oxygen atoms in total. The van der Waals surface area contributed by atoms with Crippen molar-refractivity contribution in [3.63, 3.8) is 0 Å². The van der Waals surface area contributed by atoms with Gasteiger partial charge in [0.05, 0.1) is 6.61 Å². The number of anilines is 1. The summed E-state index contributed by atoms with van der Waals surface area (Å²) in [6, 6.07) is 9.34. The van der Waals surface area contributed by atoms with E-state index >= 15 is 0 Å². The number of aromatic nitrogens is 1. The van der Waals surface area contributed by atoms with Gasteiger partial charge in [-0.3, -0.25) is 9.36 Å². The van der Waals surface area contributed by atoms with Gasteiger partial charge in [-0.2, -0.15) is 0 Å². The molecule has 2 aromatic rings. The Kier molecular flexibility index (Phi) is 3.67. The first-order chi connectivity index (χ1) is 8.63. The third-order valence-corrected chi connectivity index (χ3v) is 3.00. The summed E-state index contributed by atoms with van der Waals surface area (Å²) in [6.07, 6.45) is 0. The highest BCUT2D eigenvalue weighted by Crippen LogP contribution is 2.14. The number of rotatable bonds is 4. The number of nitrogens with zero attached hydrogens (tertiary/aromatic N) is 1. The lowest BCUT2D eigenvalue weighted by Gasteiger charge is -2.15. The Morgan fingerprint density at radius 1 is 1.39 bits per heavy atom. The predicted octanol–water partition coefficient (Wildman–Crippen LogP) is 1.87. The molecule has 1 aromatic heterocycles. The van der Waals surface area contributed by atoms with Gasteiger partial charge in [0, 0.05) is 19.0 Å². The molecule has 0 aliphatic rings. The molecule has 1 heterocycles. The van der Waals surface area contributed by atoms with E-state index < -0.39 is 0 Å². The molecule has 2 rings (SSSR count). The third kappa shape index (κ3) is 2.38. The van der Waals surface area contributed by atoms with E-state index in [2.05, 4.69) is 0 Å². The molecular formula is C14H18N2O2. The fourth-order valence-corrected chi connectivity index (χ4v) is 2.15. The van der Waals surface area contributed by atoms with Gasteiger partial charge in [-0.15, -0.1) is 0 Å². The standard InChI is InChI=1S/C14H18N2O2/c1-10(9-18-2)8-16-13(15)7-11-5-3-4-6-12(11)14(16)17/h3-7,10H,8-9,15H2,1-2H3. The van der Waals surface area contributed by atoms with Gasteiger partial charge in [0.1, 0.15) is 5.82 Å². The average Bonchev–Trinajstić information content (AvgIpc) is 2.35. The summed E-state index contributed by atoms with van der Waals surface area (Å²) in [5, 5.41) is 1.59. The van der Waals surface area contributed by atoms with Gasteiger partial charge in [0.25, 0.3) is 5.56 Å². The molecule has 18 heavy (non-hydrogen) atoms. The molecule has 0 saturated carbocycles. The lowest BCUT2D eigenvalue weighted by atomic mass is 10.1. The Labute approximate surface area is 106 Å². The Morgan fingerprint density at radius 2 is 2.11 bits per heavy atom. The molecule has 2 N–H and O–H groups in total. The van der Waals surface area contributed by atoms with E-state index in [1.165, 1.54) is 0 Å². The zero-order valence-corrected chi connectivity index (χ0v) is 10.7. The van der Waals surface area contributed by atoms with Crippen molar-refractivity contribution in [2.75, 3.05) is 19.5 Å². The van der Waals surface area contributed by atoms with E-state index in [4.69, 9.17) is 10.5 Å². The van der Waals surface area contributed by atoms with Gasteiger partial charge >= 0.3 is 0 Å². The van der Waals surface area contributed by atoms with Crippen molar-refractivity contribution in [2.24, 2.45) is 5.92 Å². The summed E-state index contributed by atoms with van der Waals surface area (Å²) in [5.74, 6) is 0.748. The van der Waals surface area contributed by atoms with Gasteiger partial charge in [-0.25, -0.2) is 0 Å². The number of nitrogen functional groups attached to an aromatic ring is 1. The average molecular weight is 246 g/mol. The molecule has 0 saturated heterocycles. The molecule has 1 aromatic carbocycles. The highest BCUT2D eigenvalue weighted by molar-refractivity contribution is 5.83. The predicted molar refractivity (Wildman–Crippen MR) is 73.7 cm³/mol. The van der Waals surface area contributed by atoms with Gasteiger partial charge in [0.15, 0.2) is 0 Å². The molecule has 96 valence electrons. The van der Waals surface area contributed by atoms with Crippen molar-refractivity contribution in [1.82, 2.24) is 4.57 Å². The van der Waals surface area contributed by atoms with Crippen LogP contribution in [0.15, 0.2) is 35.1 Å². The van der Waals surface area contributed by atoms with Gasteiger partial charge in [-0.1, -0.05) is 25.1 Å². The summed E-state index contributed by atoms with van der Waals surface area (Å²) < 4.78 is 6.70. The SMILES string of the molecule is COCC(C)Cn1c(N)cc2ccccc2c1=O. The van der Waals surface area contributed by atoms with Crippen molar-refractivity contribution in [2.45, 2.75) is 13.5 Å². The maximum atomic E-state index is 12.3. The number of hydrogen-bond acceptors (Lipinski definition) is 3. The van der Waals surface area contributed by atoms with Crippen LogP contribution in [0.2, 0.25) is 0 Å². The van der Waals surface area contributed by atoms with Crippen LogP contribution >= 0.6 is 0 Å². The Hall–Kier alpha value is -1.81. The minimum atomic E-state index is -0.0337. The summed E-state index contributed by atoms with van der Waals surface area (Å²) in [4.78, 5) is 12.3. The van der Waals surface area contributed by atoms with Gasteiger partial charge in [-0.05, 0) is 23.4 Å². The first-order valence-corrected chi connectivity index (χ1v) is 6.00. The molecule has 0 bridgehead atoms. The van der Waals surface area contributed by atoms with Gasteiger partial charge < -0.3 is 10.5 Å². The summed E-state index contributed by atoms with van der Waals surface area (Å²) >= 11 is 0. The van der Waals surface area contributed by atoms with Crippen molar-refractivity contribution < 1.29 is 4.74 Å². The number of hydrogen-bond donors (Lipinski definition) is 1. The quantitative estimate of drug-likeness (QED) is 0.896. The van der Waals surface area contributed by atoms with Crippen molar-refractivity contribution >= 4 is 16.6 Å². The van der Waals surface area contributed by atoms with Crippen molar-refractivity contribution in [1.29, 1.82) is 0 Å². The lowest BCUT2D eigenvalue weighted by Crippen LogP contribution is -2.27. The highest BCUT2D eigenvalue weighted by Gasteiger charge is 2.10. The fourth-order valence-electron chi connectivity index (χ4n) is 2.15. The van der Waals surface area contributed by atoms with Crippen LogP contribution in [0.4, 0.5) is 5.82 Å². The maximum absolute atomic E-state index is 12.3. The van der Waals surface area contributed by atoms with E-state index in [0.29, 0.717) is 24.4 Å². The van der Waals surface area contributed by atoms with E-state index in [9.17, 15) is 4.79 Å². The second-order valence-corrected chi connectivity index (χ2v) is 4.63. The van der Waals surface area contributed by atoms with Crippen LogP contribution in [0.1, 0.15) is 6.92 Å². The monoisotopic (exact) mass is 246 g/mol. The Bertz CT molecular complexity index is 604. The first-order valence-electron chi connectivity index (χ1n) is 6.00. The lowest BCUT2D eigenvalue weighted by molar-refractivity contribution is 0.151. The van der Waals surface area contributed by atoms with Crippen LogP contribution in [0.25, 0.3) is 10.8 Å². The van der Waals surface area contributed by atoms with E-state index in [1.54, 1.807) is 11.7 Å². The minimum Gasteiger partial charge on any atom is -0.385 e. The molecular weight excluding hydrogens is 228 g/mol. The minimum absolute atomic E-state index is 0.0337. The van der Waals surface area contributed by atoms with Crippen LogP contribution < -0.4 is 11.3 Å². The zero-order valence-electron chi connectivity index (χ0n) is 10.7. The summed E-state index contributed by atoms with van der Waals surface area (Å²) in [5.41, 5.74) is 5.92. The molecule has 1 atom stereocenters. The molecule has 4 heteroatoms. The summed E-state index contributed by atoms with van der Waals surface area (Å²) in [7, 11) is 1.66. The van der Waals surface area contributed by atoms with Crippen LogP contribution in [-0.2, 0) is 11.3 Å². The summed E-state index contributed by atoms with van der Waals surface area (Å²) in [6.45, 7) is 3.21. The van der Waals surface area contributed by atoms with Crippen molar-refractivity contribution in [3.8, 4) is 0 Å². The van der Waals surface area contributed by atoms with E-state index in [1.807, 2.05) is 37.3 Å². The molecule has 0 fully saturated rings. The number of pyridine rings is 1. The van der Waals surface area contributed by atoms with E-state index in [0.717, 1.165) is 5.39 Å². The number of benzene rings is 1. The number of methoxy groups -OCH3 is 1. The maximum Gasteiger partial charge on any atom is 0.259 e. The molecule has 0 radical (unpaired) electrons. The Balaban J connectivity index is 2.47. The number of fused-ring (bicyclic) bond motifs is 1. The smallest absolute Gasteiger partial charge is 0.259 e. The number of ether oxygens (including phenoxy) is 1. The largest absolute Gasteiger partial charge is 0.385 e. The second kappa shape index (κ2) is 5.23. The first kappa shape index (κ1) is 12.6. The van der Waals surface area contributed by atoms with Crippen LogP contribution in [0, 0.1) is 5.92 Å². The highest BCUT2D eigenvalue weighted by atomic mass is 16.5. The van der Waals surface area contributed by atoms with Crippen LogP contribution in [0.5, 0.6) is 0 Å². The normalized spacial score (nSPS) is 12.8. The van der Waals surface area contributed by atoms with E-state index in [-0.39, 0.29) is 11.5 Å². The van der Waals surface area contributed by atoms with Gasteiger partial charge in [0.2, 0.25) is 0 Å². The molecule has 1 unspecified atom stereocenters. The fraction of sp³-hybridized carbons (Fsp3) is 0.357.